The molecular formula is C23H22N2O3. The smallest absolute Gasteiger partial charge is 0.161 e. The van der Waals surface area contributed by atoms with Gasteiger partial charge >= 0.3 is 0 Å². The van der Waals surface area contributed by atoms with Crippen molar-refractivity contribution in [1.82, 2.24) is 9.55 Å². The summed E-state index contributed by atoms with van der Waals surface area (Å²) in [7, 11) is 0. The molecule has 0 fully saturated rings. The first kappa shape index (κ1) is 17.9. The summed E-state index contributed by atoms with van der Waals surface area (Å²) in [5.74, 6) is 3.17. The first-order chi connectivity index (χ1) is 13.8. The zero-order valence-corrected chi connectivity index (χ0v) is 15.7. The summed E-state index contributed by atoms with van der Waals surface area (Å²) in [6.45, 7) is 3.74. The van der Waals surface area contributed by atoms with Gasteiger partial charge in [0.25, 0.3) is 0 Å². The van der Waals surface area contributed by atoms with Gasteiger partial charge in [0.1, 0.15) is 18.2 Å². The Morgan fingerprint density at radius 3 is 2.50 bits per heavy atom. The molecule has 0 bridgehead atoms. The van der Waals surface area contributed by atoms with Crippen molar-refractivity contribution in [2.45, 2.75) is 13.5 Å². The predicted octanol–water partition coefficient (Wildman–Crippen LogP) is 5.28. The molecule has 0 unspecified atom stereocenters. The summed E-state index contributed by atoms with van der Waals surface area (Å²) in [5, 5.41) is 0. The van der Waals surface area contributed by atoms with Gasteiger partial charge in [-0.2, -0.15) is 0 Å². The normalized spacial score (nSPS) is 11.3. The third-order valence-electron chi connectivity index (χ3n) is 4.35. The zero-order valence-electron chi connectivity index (χ0n) is 15.7. The van der Waals surface area contributed by atoms with Gasteiger partial charge in [-0.15, -0.1) is 0 Å². The van der Waals surface area contributed by atoms with Crippen LogP contribution in [0.5, 0.6) is 11.5 Å². The third kappa shape index (κ3) is 3.93. The number of imidazole rings is 1. The second-order valence-electron chi connectivity index (χ2n) is 6.19. The molecule has 28 heavy (non-hydrogen) atoms. The van der Waals surface area contributed by atoms with Crippen LogP contribution in [-0.4, -0.2) is 22.8 Å². The lowest BCUT2D eigenvalue weighted by molar-refractivity contribution is 0.267. The number of aromatic nitrogens is 2. The van der Waals surface area contributed by atoms with Crippen molar-refractivity contribution in [3.05, 3.63) is 78.5 Å². The number of hydrogen-bond acceptors (Lipinski definition) is 4. The molecule has 4 aromatic rings. The largest absolute Gasteiger partial charge is 0.490 e. The minimum atomic E-state index is 0.506. The molecule has 5 heteroatoms. The molecule has 0 saturated heterocycles. The fourth-order valence-corrected chi connectivity index (χ4v) is 3.09. The maximum Gasteiger partial charge on any atom is 0.161 e. The monoisotopic (exact) mass is 374 g/mol. The van der Waals surface area contributed by atoms with Crippen LogP contribution < -0.4 is 9.47 Å². The van der Waals surface area contributed by atoms with Crippen molar-refractivity contribution >= 4 is 23.2 Å². The minimum Gasteiger partial charge on any atom is -0.490 e. The van der Waals surface area contributed by atoms with Crippen LogP contribution >= 0.6 is 0 Å². The lowest BCUT2D eigenvalue weighted by atomic mass is 10.3. The Morgan fingerprint density at radius 2 is 1.71 bits per heavy atom. The number of hydrogen-bond donors (Lipinski definition) is 0. The van der Waals surface area contributed by atoms with E-state index in [1.165, 1.54) is 0 Å². The Balaban J connectivity index is 1.55. The van der Waals surface area contributed by atoms with Crippen LogP contribution in [-0.2, 0) is 6.54 Å². The van der Waals surface area contributed by atoms with Gasteiger partial charge in [-0.25, -0.2) is 4.98 Å². The van der Waals surface area contributed by atoms with E-state index in [0.29, 0.717) is 19.8 Å². The summed E-state index contributed by atoms with van der Waals surface area (Å²) in [5.41, 5.74) is 2.03. The number of benzene rings is 2. The molecule has 0 radical (unpaired) electrons. The van der Waals surface area contributed by atoms with Crippen molar-refractivity contribution in [2.75, 3.05) is 13.2 Å². The molecule has 2 aromatic carbocycles. The van der Waals surface area contributed by atoms with Crippen LogP contribution in [0.1, 0.15) is 18.5 Å². The van der Waals surface area contributed by atoms with Crippen LogP contribution in [0.2, 0.25) is 0 Å². The molecule has 0 spiro atoms. The molecule has 2 aromatic heterocycles. The lowest BCUT2D eigenvalue weighted by Gasteiger charge is -2.13. The lowest BCUT2D eigenvalue weighted by Crippen LogP contribution is -2.10. The zero-order chi connectivity index (χ0) is 19.2. The van der Waals surface area contributed by atoms with Gasteiger partial charge in [0.15, 0.2) is 11.5 Å². The summed E-state index contributed by atoms with van der Waals surface area (Å²) < 4.78 is 19.2. The van der Waals surface area contributed by atoms with E-state index < -0.39 is 0 Å². The van der Waals surface area contributed by atoms with E-state index in [1.807, 2.05) is 73.7 Å². The molecule has 2 heterocycles. The maximum atomic E-state index is 6.00. The van der Waals surface area contributed by atoms with E-state index in [9.17, 15) is 0 Å². The summed E-state index contributed by atoms with van der Waals surface area (Å²) in [4.78, 5) is 4.74. The van der Waals surface area contributed by atoms with Crippen LogP contribution in [0.25, 0.3) is 23.2 Å². The van der Waals surface area contributed by atoms with Gasteiger partial charge in [-0.3, -0.25) is 0 Å². The van der Waals surface area contributed by atoms with Crippen molar-refractivity contribution in [2.24, 2.45) is 0 Å². The first-order valence-electron chi connectivity index (χ1n) is 9.36. The number of fused-ring (bicyclic) bond motifs is 1. The highest BCUT2D eigenvalue weighted by molar-refractivity contribution is 5.79. The number of rotatable bonds is 8. The topological polar surface area (TPSA) is 49.4 Å². The Bertz CT molecular complexity index is 1060. The van der Waals surface area contributed by atoms with Gasteiger partial charge in [-0.1, -0.05) is 24.3 Å². The van der Waals surface area contributed by atoms with Crippen molar-refractivity contribution in [1.29, 1.82) is 0 Å². The fourth-order valence-electron chi connectivity index (χ4n) is 3.09. The fraction of sp³-hybridized carbons (Fsp3) is 0.174. The number of para-hydroxylation sites is 4. The molecule has 0 atom stereocenters. The molecule has 0 N–H and O–H groups in total. The highest BCUT2D eigenvalue weighted by Crippen LogP contribution is 2.26. The van der Waals surface area contributed by atoms with Crippen LogP contribution in [0.4, 0.5) is 0 Å². The van der Waals surface area contributed by atoms with Gasteiger partial charge in [0, 0.05) is 0 Å². The van der Waals surface area contributed by atoms with E-state index in [-0.39, 0.29) is 0 Å². The third-order valence-corrected chi connectivity index (χ3v) is 4.35. The number of nitrogens with zero attached hydrogens (tertiary/aromatic N) is 2. The summed E-state index contributed by atoms with van der Waals surface area (Å²) in [6.07, 6.45) is 5.54. The minimum absolute atomic E-state index is 0.506. The second-order valence-corrected chi connectivity index (χ2v) is 6.19. The van der Waals surface area contributed by atoms with E-state index in [0.717, 1.165) is 34.1 Å². The van der Waals surface area contributed by atoms with E-state index >= 15 is 0 Å². The highest BCUT2D eigenvalue weighted by atomic mass is 16.5. The van der Waals surface area contributed by atoms with Gasteiger partial charge < -0.3 is 18.5 Å². The van der Waals surface area contributed by atoms with Crippen molar-refractivity contribution in [3.63, 3.8) is 0 Å². The second kappa shape index (κ2) is 8.48. The standard InChI is InChI=1S/C23H22N2O3/c1-2-26-21-11-5-6-12-22(21)28-17-15-25-20-10-4-3-9-19(20)24-23(25)14-13-18-8-7-16-27-18/h3-14,16H,2,15,17H2,1H3/b14-13+. The summed E-state index contributed by atoms with van der Waals surface area (Å²) in [6, 6.07) is 19.6. The highest BCUT2D eigenvalue weighted by Gasteiger charge is 2.09. The van der Waals surface area contributed by atoms with Gasteiger partial charge in [0.2, 0.25) is 0 Å². The SMILES string of the molecule is CCOc1ccccc1OCCn1c(/C=C/c2ccco2)nc2ccccc21. The van der Waals surface area contributed by atoms with Crippen LogP contribution in [0.3, 0.4) is 0 Å². The molecular weight excluding hydrogens is 352 g/mol. The van der Waals surface area contributed by atoms with Crippen LogP contribution in [0.15, 0.2) is 71.3 Å². The Kier molecular flexibility index (Phi) is 5.43. The molecule has 5 nitrogen and oxygen atoms in total. The molecule has 0 saturated carbocycles. The van der Waals surface area contributed by atoms with Crippen molar-refractivity contribution < 1.29 is 13.9 Å². The van der Waals surface area contributed by atoms with E-state index in [4.69, 9.17) is 18.9 Å². The van der Waals surface area contributed by atoms with Crippen molar-refractivity contribution in [3.8, 4) is 11.5 Å². The van der Waals surface area contributed by atoms with E-state index in [2.05, 4.69) is 10.6 Å². The number of furan rings is 1. The Labute approximate surface area is 163 Å². The first-order valence-corrected chi connectivity index (χ1v) is 9.36. The van der Waals surface area contributed by atoms with E-state index in [1.54, 1.807) is 6.26 Å². The van der Waals surface area contributed by atoms with Gasteiger partial charge in [-0.05, 0) is 55.5 Å². The Hall–Kier alpha value is -3.47. The molecule has 0 aliphatic carbocycles. The molecule has 0 aliphatic heterocycles. The molecule has 4 rings (SSSR count). The maximum absolute atomic E-state index is 6.00. The Morgan fingerprint density at radius 1 is 0.929 bits per heavy atom. The van der Waals surface area contributed by atoms with Gasteiger partial charge in [0.05, 0.1) is 30.4 Å². The predicted molar refractivity (Wildman–Crippen MR) is 110 cm³/mol. The average Bonchev–Trinajstić information content (AvgIpc) is 3.36. The molecule has 142 valence electrons. The molecule has 0 amide bonds. The molecule has 0 aliphatic rings. The number of ether oxygens (including phenoxy) is 2. The summed E-state index contributed by atoms with van der Waals surface area (Å²) >= 11 is 0. The quantitative estimate of drug-likeness (QED) is 0.421. The van der Waals surface area contributed by atoms with Crippen LogP contribution in [0, 0.1) is 0 Å². The average molecular weight is 374 g/mol.